The van der Waals surface area contributed by atoms with Gasteiger partial charge in [0, 0.05) is 23.3 Å². The van der Waals surface area contributed by atoms with Crippen molar-refractivity contribution in [2.75, 3.05) is 30.3 Å². The van der Waals surface area contributed by atoms with Crippen LogP contribution in [0.4, 0.5) is 10.8 Å². The number of likely N-dealkylation sites (tertiary alicyclic amines) is 1. The van der Waals surface area contributed by atoms with Crippen molar-refractivity contribution in [2.24, 2.45) is 5.92 Å². The van der Waals surface area contributed by atoms with E-state index in [-0.39, 0.29) is 24.3 Å². The second-order valence-electron chi connectivity index (χ2n) is 6.64. The Kier molecular flexibility index (Phi) is 6.41. The highest BCUT2D eigenvalue weighted by Gasteiger charge is 2.27. The number of hydrogen-bond acceptors (Lipinski definition) is 6. The summed E-state index contributed by atoms with van der Waals surface area (Å²) >= 11 is 7.32. The van der Waals surface area contributed by atoms with Gasteiger partial charge < -0.3 is 10.6 Å². The molecule has 1 fully saturated rings. The third-order valence-corrected chi connectivity index (χ3v) is 5.71. The van der Waals surface area contributed by atoms with Gasteiger partial charge in [0.2, 0.25) is 11.8 Å². The molecule has 2 amide bonds. The molecule has 3 heterocycles. The number of pyridine rings is 1. The van der Waals surface area contributed by atoms with Crippen LogP contribution in [0.3, 0.4) is 0 Å². The molecule has 1 atom stereocenters. The summed E-state index contributed by atoms with van der Waals surface area (Å²) in [6.07, 6.45) is 3.23. The summed E-state index contributed by atoms with van der Waals surface area (Å²) in [4.78, 5) is 36.2. The van der Waals surface area contributed by atoms with Crippen LogP contribution in [0, 0.1) is 19.8 Å². The van der Waals surface area contributed by atoms with Gasteiger partial charge in [-0.2, -0.15) is 0 Å². The van der Waals surface area contributed by atoms with Crippen molar-refractivity contribution in [1.82, 2.24) is 14.9 Å². The van der Waals surface area contributed by atoms with E-state index in [2.05, 4.69) is 20.6 Å². The van der Waals surface area contributed by atoms with Crippen LogP contribution in [-0.2, 0) is 9.59 Å². The maximum absolute atomic E-state index is 12.5. The number of halogens is 1. The van der Waals surface area contributed by atoms with Crippen molar-refractivity contribution in [1.29, 1.82) is 0 Å². The zero-order valence-corrected chi connectivity index (χ0v) is 16.9. The summed E-state index contributed by atoms with van der Waals surface area (Å²) in [5, 5.41) is 6.68. The molecule has 0 aromatic carbocycles. The molecule has 144 valence electrons. The third kappa shape index (κ3) is 5.47. The second kappa shape index (κ2) is 8.77. The molecule has 1 aliphatic rings. The molecular weight excluding hydrogens is 386 g/mol. The number of carbonyl (C=O) groups excluding carboxylic acids is 2. The summed E-state index contributed by atoms with van der Waals surface area (Å²) in [5.41, 5.74) is 1.56. The molecule has 0 radical (unpaired) electrons. The fourth-order valence-corrected chi connectivity index (χ4v) is 4.03. The lowest BCUT2D eigenvalue weighted by Crippen LogP contribution is -2.44. The maximum Gasteiger partial charge on any atom is 0.240 e. The van der Waals surface area contributed by atoms with Crippen LogP contribution in [0.15, 0.2) is 18.3 Å². The van der Waals surface area contributed by atoms with Gasteiger partial charge >= 0.3 is 0 Å². The molecule has 0 saturated carbocycles. The first kappa shape index (κ1) is 19.7. The van der Waals surface area contributed by atoms with Gasteiger partial charge in [0.15, 0.2) is 5.13 Å². The molecule has 1 aliphatic heterocycles. The molecule has 1 saturated heterocycles. The number of hydrogen-bond donors (Lipinski definition) is 2. The molecule has 0 aliphatic carbocycles. The lowest BCUT2D eigenvalue weighted by Gasteiger charge is -2.31. The van der Waals surface area contributed by atoms with Crippen LogP contribution in [0.25, 0.3) is 0 Å². The van der Waals surface area contributed by atoms with Crippen molar-refractivity contribution in [3.63, 3.8) is 0 Å². The molecule has 2 aromatic heterocycles. The predicted octanol–water partition coefficient (Wildman–Crippen LogP) is 3.10. The lowest BCUT2D eigenvalue weighted by atomic mass is 9.97. The largest absolute Gasteiger partial charge is 0.326 e. The standard InChI is InChI=1S/C18H22ClN5O2S/c1-11-12(2)27-18(21-11)23-16(25)10-24-7-3-4-13(9-24)17(26)22-14-5-6-20-15(19)8-14/h5-6,8,13H,3-4,7,9-10H2,1-2H3,(H,20,22,26)(H,21,23,25). The van der Waals surface area contributed by atoms with E-state index in [1.54, 1.807) is 18.3 Å². The molecule has 2 aromatic rings. The van der Waals surface area contributed by atoms with E-state index in [1.807, 2.05) is 18.7 Å². The minimum atomic E-state index is -0.164. The second-order valence-corrected chi connectivity index (χ2v) is 8.23. The molecule has 2 N–H and O–H groups in total. The molecular formula is C18H22ClN5O2S. The van der Waals surface area contributed by atoms with E-state index >= 15 is 0 Å². The summed E-state index contributed by atoms with van der Waals surface area (Å²) in [5.74, 6) is -0.331. The van der Waals surface area contributed by atoms with Gasteiger partial charge in [0.1, 0.15) is 5.15 Å². The Bertz CT molecular complexity index is 821. The number of piperidine rings is 1. The summed E-state index contributed by atoms with van der Waals surface area (Å²) < 4.78 is 0. The summed E-state index contributed by atoms with van der Waals surface area (Å²) in [7, 11) is 0. The average molecular weight is 408 g/mol. The van der Waals surface area contributed by atoms with Crippen molar-refractivity contribution < 1.29 is 9.59 Å². The Labute approximate surface area is 167 Å². The Morgan fingerprint density at radius 3 is 2.89 bits per heavy atom. The highest BCUT2D eigenvalue weighted by Crippen LogP contribution is 2.22. The van der Waals surface area contributed by atoms with Gasteiger partial charge in [0.05, 0.1) is 18.2 Å². The smallest absolute Gasteiger partial charge is 0.240 e. The van der Waals surface area contributed by atoms with E-state index < -0.39 is 0 Å². The number of rotatable bonds is 5. The third-order valence-electron chi connectivity index (χ3n) is 4.51. The number of nitrogens with one attached hydrogen (secondary N) is 2. The molecule has 1 unspecified atom stereocenters. The quantitative estimate of drug-likeness (QED) is 0.743. The van der Waals surface area contributed by atoms with Crippen LogP contribution in [0.2, 0.25) is 5.15 Å². The highest BCUT2D eigenvalue weighted by atomic mass is 35.5. The number of aryl methyl sites for hydroxylation is 2. The topological polar surface area (TPSA) is 87.2 Å². The highest BCUT2D eigenvalue weighted by molar-refractivity contribution is 7.15. The lowest BCUT2D eigenvalue weighted by molar-refractivity contribution is -0.123. The predicted molar refractivity (Wildman–Crippen MR) is 107 cm³/mol. The van der Waals surface area contributed by atoms with E-state index in [0.29, 0.717) is 22.5 Å². The normalized spacial score (nSPS) is 17.5. The number of anilines is 2. The van der Waals surface area contributed by atoms with Crippen molar-refractivity contribution in [2.45, 2.75) is 26.7 Å². The van der Waals surface area contributed by atoms with E-state index in [9.17, 15) is 9.59 Å². The van der Waals surface area contributed by atoms with Gasteiger partial charge in [0.25, 0.3) is 0 Å². The Balaban J connectivity index is 1.52. The Morgan fingerprint density at radius 2 is 2.19 bits per heavy atom. The van der Waals surface area contributed by atoms with Gasteiger partial charge in [-0.25, -0.2) is 9.97 Å². The maximum atomic E-state index is 12.5. The molecule has 0 spiro atoms. The van der Waals surface area contributed by atoms with Crippen LogP contribution in [0.5, 0.6) is 0 Å². The van der Waals surface area contributed by atoms with Crippen LogP contribution in [-0.4, -0.2) is 46.3 Å². The fourth-order valence-electron chi connectivity index (χ4n) is 3.03. The fraction of sp³-hybridized carbons (Fsp3) is 0.444. The number of amides is 2. The number of nitrogens with zero attached hydrogens (tertiary/aromatic N) is 3. The zero-order valence-electron chi connectivity index (χ0n) is 15.3. The van der Waals surface area contributed by atoms with E-state index in [4.69, 9.17) is 11.6 Å². The minimum absolute atomic E-state index is 0.0615. The zero-order chi connectivity index (χ0) is 19.4. The minimum Gasteiger partial charge on any atom is -0.326 e. The van der Waals surface area contributed by atoms with Crippen LogP contribution >= 0.6 is 22.9 Å². The number of carbonyl (C=O) groups is 2. The average Bonchev–Trinajstić information content (AvgIpc) is 2.92. The van der Waals surface area contributed by atoms with E-state index in [0.717, 1.165) is 30.0 Å². The van der Waals surface area contributed by atoms with Gasteiger partial charge in [-0.3, -0.25) is 14.5 Å². The molecule has 0 bridgehead atoms. The first-order valence-corrected chi connectivity index (χ1v) is 9.99. The van der Waals surface area contributed by atoms with Crippen molar-refractivity contribution >= 4 is 45.6 Å². The molecule has 7 nitrogen and oxygen atoms in total. The van der Waals surface area contributed by atoms with Gasteiger partial charge in [-0.05, 0) is 45.4 Å². The van der Waals surface area contributed by atoms with E-state index in [1.165, 1.54) is 11.3 Å². The van der Waals surface area contributed by atoms with Crippen LogP contribution in [0.1, 0.15) is 23.4 Å². The van der Waals surface area contributed by atoms with Gasteiger partial charge in [-0.1, -0.05) is 11.6 Å². The summed E-state index contributed by atoms with van der Waals surface area (Å²) in [6.45, 7) is 5.50. The Hall–Kier alpha value is -2.03. The first-order valence-electron chi connectivity index (χ1n) is 8.79. The summed E-state index contributed by atoms with van der Waals surface area (Å²) in [6, 6.07) is 3.32. The van der Waals surface area contributed by atoms with Crippen molar-refractivity contribution in [3.8, 4) is 0 Å². The van der Waals surface area contributed by atoms with Crippen LogP contribution < -0.4 is 10.6 Å². The number of thiazole rings is 1. The number of aromatic nitrogens is 2. The molecule has 9 heteroatoms. The molecule has 3 rings (SSSR count). The Morgan fingerprint density at radius 1 is 1.37 bits per heavy atom. The first-order chi connectivity index (χ1) is 12.9. The van der Waals surface area contributed by atoms with Gasteiger partial charge in [-0.15, -0.1) is 11.3 Å². The molecule has 27 heavy (non-hydrogen) atoms. The SMILES string of the molecule is Cc1nc(NC(=O)CN2CCCC(C(=O)Nc3ccnc(Cl)c3)C2)sc1C. The monoisotopic (exact) mass is 407 g/mol. The van der Waals surface area contributed by atoms with Crippen molar-refractivity contribution in [3.05, 3.63) is 34.1 Å².